The highest BCUT2D eigenvalue weighted by Crippen LogP contribution is 2.33. The molecule has 1 heterocycles. The van der Waals surface area contributed by atoms with Crippen molar-refractivity contribution in [3.05, 3.63) is 84.2 Å². The van der Waals surface area contributed by atoms with Gasteiger partial charge in [0.25, 0.3) is 0 Å². The lowest BCUT2D eigenvalue weighted by Gasteiger charge is -2.12. The number of fused-ring (bicyclic) bond motifs is 3. The summed E-state index contributed by atoms with van der Waals surface area (Å²) < 4.78 is 13.5. The Morgan fingerprint density at radius 3 is 2.03 bits per heavy atom. The first-order valence-corrected chi connectivity index (χ1v) is 10.1. The molecule has 0 saturated heterocycles. The lowest BCUT2D eigenvalue weighted by atomic mass is 10.0. The molecule has 1 aromatic heterocycles. The number of benzene rings is 4. The molecule has 0 spiro atoms. The number of rotatable bonds is 3. The maximum absolute atomic E-state index is 5.71. The second-order valence-electron chi connectivity index (χ2n) is 7.73. The SMILES string of the molecule is COc1cc(OC)c2c(C)[n+](-c3ccc4cc5ccccc5cc4c3)c(C)cc2c1. The molecular weight excluding hydrogens is 370 g/mol. The first kappa shape index (κ1) is 18.4. The van der Waals surface area contributed by atoms with Crippen molar-refractivity contribution in [3.8, 4) is 17.2 Å². The topological polar surface area (TPSA) is 22.3 Å². The van der Waals surface area contributed by atoms with Crippen molar-refractivity contribution in [2.45, 2.75) is 13.8 Å². The number of methoxy groups -OCH3 is 2. The Kier molecular flexibility index (Phi) is 4.32. The van der Waals surface area contributed by atoms with Crippen LogP contribution in [0, 0.1) is 13.8 Å². The van der Waals surface area contributed by atoms with Crippen LogP contribution in [0.4, 0.5) is 0 Å². The minimum absolute atomic E-state index is 0.800. The van der Waals surface area contributed by atoms with E-state index in [1.165, 1.54) is 21.5 Å². The number of aromatic nitrogens is 1. The van der Waals surface area contributed by atoms with Crippen LogP contribution in [0.5, 0.6) is 11.5 Å². The molecule has 5 aromatic rings. The van der Waals surface area contributed by atoms with E-state index in [1.807, 2.05) is 6.07 Å². The summed E-state index contributed by atoms with van der Waals surface area (Å²) in [4.78, 5) is 0. The molecule has 0 aliphatic rings. The fourth-order valence-corrected chi connectivity index (χ4v) is 4.52. The molecule has 0 unspecified atom stereocenters. The fraction of sp³-hybridized carbons (Fsp3) is 0.148. The number of hydrogen-bond donors (Lipinski definition) is 0. The van der Waals surface area contributed by atoms with Gasteiger partial charge in [-0.05, 0) is 45.8 Å². The van der Waals surface area contributed by atoms with Crippen molar-refractivity contribution >= 4 is 32.3 Å². The monoisotopic (exact) mass is 394 g/mol. The van der Waals surface area contributed by atoms with Gasteiger partial charge in [-0.15, -0.1) is 0 Å². The molecule has 0 amide bonds. The zero-order valence-electron chi connectivity index (χ0n) is 17.7. The van der Waals surface area contributed by atoms with E-state index in [1.54, 1.807) is 14.2 Å². The molecule has 4 aromatic carbocycles. The van der Waals surface area contributed by atoms with Crippen molar-refractivity contribution in [2.24, 2.45) is 0 Å². The molecule has 0 aliphatic heterocycles. The molecule has 3 nitrogen and oxygen atoms in total. The largest absolute Gasteiger partial charge is 0.497 e. The molecule has 0 radical (unpaired) electrons. The van der Waals surface area contributed by atoms with E-state index in [4.69, 9.17) is 9.47 Å². The Balaban J connectivity index is 1.77. The molecule has 0 aliphatic carbocycles. The first-order valence-electron chi connectivity index (χ1n) is 10.1. The van der Waals surface area contributed by atoms with E-state index in [9.17, 15) is 0 Å². The quantitative estimate of drug-likeness (QED) is 0.274. The maximum Gasteiger partial charge on any atom is 0.211 e. The van der Waals surface area contributed by atoms with Crippen LogP contribution in [0.25, 0.3) is 38.0 Å². The summed E-state index contributed by atoms with van der Waals surface area (Å²) in [5, 5.41) is 7.22. The third kappa shape index (κ3) is 2.86. The van der Waals surface area contributed by atoms with Gasteiger partial charge in [-0.2, -0.15) is 4.57 Å². The summed E-state index contributed by atoms with van der Waals surface area (Å²) in [6.07, 6.45) is 0. The van der Waals surface area contributed by atoms with Crippen molar-refractivity contribution in [3.63, 3.8) is 0 Å². The van der Waals surface area contributed by atoms with Crippen molar-refractivity contribution in [2.75, 3.05) is 14.2 Å². The summed E-state index contributed by atoms with van der Waals surface area (Å²) in [5.74, 6) is 1.62. The van der Waals surface area contributed by atoms with Crippen LogP contribution in [0.15, 0.2) is 72.8 Å². The van der Waals surface area contributed by atoms with Gasteiger partial charge in [0, 0.05) is 43.5 Å². The minimum atomic E-state index is 0.800. The molecule has 3 heteroatoms. The van der Waals surface area contributed by atoms with E-state index in [2.05, 4.69) is 85.1 Å². The first-order chi connectivity index (χ1) is 14.6. The van der Waals surface area contributed by atoms with Gasteiger partial charge in [0.05, 0.1) is 19.6 Å². The Morgan fingerprint density at radius 1 is 0.633 bits per heavy atom. The number of nitrogens with zero attached hydrogens (tertiary/aromatic N) is 1. The lowest BCUT2D eigenvalue weighted by Crippen LogP contribution is -2.37. The maximum atomic E-state index is 5.71. The average Bonchev–Trinajstić information content (AvgIpc) is 2.76. The molecule has 148 valence electrons. The van der Waals surface area contributed by atoms with Crippen LogP contribution in [-0.4, -0.2) is 14.2 Å². The molecule has 0 fully saturated rings. The second-order valence-corrected chi connectivity index (χ2v) is 7.73. The zero-order chi connectivity index (χ0) is 20.8. The van der Waals surface area contributed by atoms with Crippen LogP contribution in [0.1, 0.15) is 11.4 Å². The van der Waals surface area contributed by atoms with Crippen LogP contribution in [0.2, 0.25) is 0 Å². The highest BCUT2D eigenvalue weighted by atomic mass is 16.5. The van der Waals surface area contributed by atoms with Gasteiger partial charge in [0.15, 0.2) is 11.4 Å². The Hall–Kier alpha value is -3.59. The third-order valence-electron chi connectivity index (χ3n) is 5.92. The van der Waals surface area contributed by atoms with Crippen molar-refractivity contribution in [1.82, 2.24) is 0 Å². The lowest BCUT2D eigenvalue weighted by molar-refractivity contribution is -0.607. The molecule has 30 heavy (non-hydrogen) atoms. The predicted molar refractivity (Wildman–Crippen MR) is 123 cm³/mol. The highest BCUT2D eigenvalue weighted by Gasteiger charge is 2.22. The summed E-state index contributed by atoms with van der Waals surface area (Å²) >= 11 is 0. The predicted octanol–water partition coefficient (Wildman–Crippen LogP) is 6.06. The van der Waals surface area contributed by atoms with Crippen LogP contribution in [-0.2, 0) is 0 Å². The number of ether oxygens (including phenoxy) is 2. The average molecular weight is 394 g/mol. The minimum Gasteiger partial charge on any atom is -0.497 e. The second kappa shape index (κ2) is 7.03. The summed E-state index contributed by atoms with van der Waals surface area (Å²) in [7, 11) is 3.39. The van der Waals surface area contributed by atoms with Gasteiger partial charge in [0.2, 0.25) is 5.69 Å². The Labute approximate surface area is 176 Å². The summed E-state index contributed by atoms with van der Waals surface area (Å²) in [6.45, 7) is 4.29. The fourth-order valence-electron chi connectivity index (χ4n) is 4.52. The van der Waals surface area contributed by atoms with Crippen molar-refractivity contribution < 1.29 is 14.0 Å². The Morgan fingerprint density at radius 2 is 1.33 bits per heavy atom. The van der Waals surface area contributed by atoms with E-state index < -0.39 is 0 Å². The Bertz CT molecular complexity index is 1440. The van der Waals surface area contributed by atoms with E-state index in [-0.39, 0.29) is 0 Å². The standard InChI is InChI=1S/C27H24NO2/c1-17-11-23-15-25(29-3)16-26(30-4)27(23)18(2)28(17)24-10-9-21-12-19-7-5-6-8-20(19)13-22(21)14-24/h5-16H,1-4H3/q+1. The van der Waals surface area contributed by atoms with Gasteiger partial charge in [0.1, 0.15) is 11.5 Å². The third-order valence-corrected chi connectivity index (χ3v) is 5.92. The number of aryl methyl sites for hydroxylation is 2. The summed E-state index contributed by atoms with van der Waals surface area (Å²) in [6, 6.07) is 25.9. The van der Waals surface area contributed by atoms with Crippen LogP contribution < -0.4 is 14.0 Å². The van der Waals surface area contributed by atoms with Crippen LogP contribution >= 0.6 is 0 Å². The van der Waals surface area contributed by atoms with Gasteiger partial charge >= 0.3 is 0 Å². The molecule has 0 saturated carbocycles. The highest BCUT2D eigenvalue weighted by molar-refractivity contribution is 5.98. The van der Waals surface area contributed by atoms with E-state index >= 15 is 0 Å². The normalized spacial score (nSPS) is 11.3. The van der Waals surface area contributed by atoms with Crippen LogP contribution in [0.3, 0.4) is 0 Å². The van der Waals surface area contributed by atoms with E-state index in [0.717, 1.165) is 39.3 Å². The molecule has 5 rings (SSSR count). The smallest absolute Gasteiger partial charge is 0.211 e. The van der Waals surface area contributed by atoms with E-state index in [0.29, 0.717) is 0 Å². The van der Waals surface area contributed by atoms with Gasteiger partial charge in [-0.1, -0.05) is 24.3 Å². The van der Waals surface area contributed by atoms with Gasteiger partial charge < -0.3 is 9.47 Å². The number of hydrogen-bond acceptors (Lipinski definition) is 2. The van der Waals surface area contributed by atoms with Gasteiger partial charge in [-0.3, -0.25) is 0 Å². The van der Waals surface area contributed by atoms with Gasteiger partial charge in [-0.25, -0.2) is 0 Å². The zero-order valence-corrected chi connectivity index (χ0v) is 17.7. The molecular formula is C27H24NO2+. The molecule has 0 atom stereocenters. The molecule has 0 bridgehead atoms. The summed E-state index contributed by atoms with van der Waals surface area (Å²) in [5.41, 5.74) is 3.45. The molecule has 0 N–H and O–H groups in total. The van der Waals surface area contributed by atoms with Crippen molar-refractivity contribution in [1.29, 1.82) is 0 Å². The number of pyridine rings is 1.